The maximum atomic E-state index is 12.7. The highest BCUT2D eigenvalue weighted by Gasteiger charge is 2.29. The van der Waals surface area contributed by atoms with Gasteiger partial charge >= 0.3 is 0 Å². The molecule has 128 valence electrons. The fourth-order valence-corrected chi connectivity index (χ4v) is 3.61. The molecule has 23 heavy (non-hydrogen) atoms. The number of likely N-dealkylation sites (N-methyl/N-ethyl adjacent to an activating group) is 1. The van der Waals surface area contributed by atoms with E-state index in [4.69, 9.17) is 10.5 Å². The summed E-state index contributed by atoms with van der Waals surface area (Å²) in [5, 5.41) is 0. The van der Waals surface area contributed by atoms with Gasteiger partial charge in [-0.1, -0.05) is 18.6 Å². The Morgan fingerprint density at radius 1 is 1.35 bits per heavy atom. The van der Waals surface area contributed by atoms with Crippen LogP contribution in [0.1, 0.15) is 45.1 Å². The quantitative estimate of drug-likeness (QED) is 0.841. The number of nitrogens with two attached hydrogens (primary N) is 1. The maximum Gasteiger partial charge on any atom is 0.223 e. The average Bonchev–Trinajstić information content (AvgIpc) is 2.94. The Morgan fingerprint density at radius 2 is 2.04 bits per heavy atom. The van der Waals surface area contributed by atoms with Crippen molar-refractivity contribution in [1.82, 2.24) is 4.90 Å². The Hall–Kier alpha value is -1.55. The standard InChI is InChI=1S/C19H30N2O2/c1-4-21(19(22)13-16-6-5-7-18(16)20)14(2)12-15-8-10-17(23-3)11-9-15/h8-11,14,16,18H,4-7,12-13,20H2,1-3H3/t14?,16-,18+/m0/s1. The van der Waals surface area contributed by atoms with E-state index < -0.39 is 0 Å². The second-order valence-corrected chi connectivity index (χ2v) is 6.64. The number of hydrogen-bond donors (Lipinski definition) is 1. The van der Waals surface area contributed by atoms with Gasteiger partial charge in [0.1, 0.15) is 5.75 Å². The van der Waals surface area contributed by atoms with Gasteiger partial charge in [-0.05, 0) is 56.7 Å². The average molecular weight is 318 g/mol. The van der Waals surface area contributed by atoms with Crippen LogP contribution in [0.5, 0.6) is 5.75 Å². The normalized spacial score (nSPS) is 21.9. The van der Waals surface area contributed by atoms with Crippen LogP contribution in [-0.2, 0) is 11.2 Å². The summed E-state index contributed by atoms with van der Waals surface area (Å²) >= 11 is 0. The highest BCUT2D eigenvalue weighted by atomic mass is 16.5. The number of ether oxygens (including phenoxy) is 1. The molecule has 0 spiro atoms. The molecule has 0 aliphatic heterocycles. The molecule has 1 fully saturated rings. The Balaban J connectivity index is 1.93. The van der Waals surface area contributed by atoms with Crippen LogP contribution in [0.2, 0.25) is 0 Å². The summed E-state index contributed by atoms with van der Waals surface area (Å²) in [6, 6.07) is 8.48. The zero-order valence-corrected chi connectivity index (χ0v) is 14.6. The molecule has 0 heterocycles. The molecule has 0 aromatic heterocycles. The molecule has 1 saturated carbocycles. The number of nitrogens with zero attached hydrogens (tertiary/aromatic N) is 1. The van der Waals surface area contributed by atoms with E-state index in [0.717, 1.165) is 38.0 Å². The van der Waals surface area contributed by atoms with Crippen LogP contribution in [0.25, 0.3) is 0 Å². The third-order valence-electron chi connectivity index (χ3n) is 5.04. The van der Waals surface area contributed by atoms with E-state index in [1.165, 1.54) is 5.56 Å². The molecule has 0 radical (unpaired) electrons. The summed E-state index contributed by atoms with van der Waals surface area (Å²) in [5.41, 5.74) is 7.34. The lowest BCUT2D eigenvalue weighted by Crippen LogP contribution is -2.41. The smallest absolute Gasteiger partial charge is 0.223 e. The van der Waals surface area contributed by atoms with E-state index in [2.05, 4.69) is 26.0 Å². The minimum atomic E-state index is 0.193. The number of methoxy groups -OCH3 is 1. The predicted molar refractivity (Wildman–Crippen MR) is 93.5 cm³/mol. The van der Waals surface area contributed by atoms with Crippen molar-refractivity contribution in [2.45, 2.75) is 58.0 Å². The third-order valence-corrected chi connectivity index (χ3v) is 5.04. The summed E-state index contributed by atoms with van der Waals surface area (Å²) in [7, 11) is 1.67. The number of hydrogen-bond acceptors (Lipinski definition) is 3. The molecular weight excluding hydrogens is 288 g/mol. The maximum absolute atomic E-state index is 12.7. The molecule has 1 amide bonds. The Bertz CT molecular complexity index is 501. The molecule has 1 aliphatic carbocycles. The van der Waals surface area contributed by atoms with Crippen molar-refractivity contribution in [3.63, 3.8) is 0 Å². The SMILES string of the molecule is CCN(C(=O)C[C@@H]1CCC[C@H]1N)C(C)Cc1ccc(OC)cc1. The van der Waals surface area contributed by atoms with Crippen LogP contribution in [0.15, 0.2) is 24.3 Å². The van der Waals surface area contributed by atoms with Gasteiger partial charge in [0, 0.05) is 25.0 Å². The first-order chi connectivity index (χ1) is 11.0. The summed E-state index contributed by atoms with van der Waals surface area (Å²) in [4.78, 5) is 14.7. The van der Waals surface area contributed by atoms with Gasteiger partial charge in [-0.3, -0.25) is 4.79 Å². The minimum Gasteiger partial charge on any atom is -0.497 e. The second kappa shape index (κ2) is 8.34. The highest BCUT2D eigenvalue weighted by molar-refractivity contribution is 5.77. The van der Waals surface area contributed by atoms with Crippen molar-refractivity contribution >= 4 is 5.91 Å². The number of amides is 1. The fraction of sp³-hybridized carbons (Fsp3) is 0.632. The van der Waals surface area contributed by atoms with Gasteiger partial charge in [-0.2, -0.15) is 0 Å². The van der Waals surface area contributed by atoms with Gasteiger partial charge in [0.25, 0.3) is 0 Å². The first-order valence-electron chi connectivity index (χ1n) is 8.73. The summed E-state index contributed by atoms with van der Waals surface area (Å²) < 4.78 is 5.19. The van der Waals surface area contributed by atoms with Crippen LogP contribution in [0, 0.1) is 5.92 Å². The van der Waals surface area contributed by atoms with Gasteiger partial charge in [0.15, 0.2) is 0 Å². The first-order valence-corrected chi connectivity index (χ1v) is 8.73. The molecule has 1 unspecified atom stereocenters. The topological polar surface area (TPSA) is 55.6 Å². The Kier molecular flexibility index (Phi) is 6.46. The lowest BCUT2D eigenvalue weighted by Gasteiger charge is -2.30. The van der Waals surface area contributed by atoms with Crippen molar-refractivity contribution < 1.29 is 9.53 Å². The van der Waals surface area contributed by atoms with Crippen LogP contribution in [0.3, 0.4) is 0 Å². The van der Waals surface area contributed by atoms with Crippen LogP contribution in [0.4, 0.5) is 0 Å². The highest BCUT2D eigenvalue weighted by Crippen LogP contribution is 2.28. The molecule has 0 bridgehead atoms. The largest absolute Gasteiger partial charge is 0.497 e. The Morgan fingerprint density at radius 3 is 2.57 bits per heavy atom. The van der Waals surface area contributed by atoms with Crippen LogP contribution in [-0.4, -0.2) is 36.5 Å². The molecule has 2 rings (SSSR count). The van der Waals surface area contributed by atoms with Crippen molar-refractivity contribution in [3.8, 4) is 5.75 Å². The van der Waals surface area contributed by atoms with Crippen LogP contribution < -0.4 is 10.5 Å². The second-order valence-electron chi connectivity index (χ2n) is 6.64. The zero-order valence-electron chi connectivity index (χ0n) is 14.6. The fourth-order valence-electron chi connectivity index (χ4n) is 3.61. The Labute approximate surface area is 140 Å². The number of rotatable bonds is 7. The van der Waals surface area contributed by atoms with E-state index in [1.807, 2.05) is 17.0 Å². The van der Waals surface area contributed by atoms with Gasteiger partial charge in [-0.15, -0.1) is 0 Å². The molecule has 4 heteroatoms. The van der Waals surface area contributed by atoms with E-state index in [0.29, 0.717) is 12.3 Å². The minimum absolute atomic E-state index is 0.193. The summed E-state index contributed by atoms with van der Waals surface area (Å²) in [5.74, 6) is 1.47. The van der Waals surface area contributed by atoms with Crippen molar-refractivity contribution in [2.75, 3.05) is 13.7 Å². The monoisotopic (exact) mass is 318 g/mol. The first kappa shape index (κ1) is 17.8. The predicted octanol–water partition coefficient (Wildman–Crippen LogP) is 2.99. The number of carbonyl (C=O) groups is 1. The van der Waals surface area contributed by atoms with Gasteiger partial charge < -0.3 is 15.4 Å². The molecule has 1 aromatic carbocycles. The van der Waals surface area contributed by atoms with Crippen molar-refractivity contribution in [3.05, 3.63) is 29.8 Å². The van der Waals surface area contributed by atoms with Gasteiger partial charge in [0.05, 0.1) is 7.11 Å². The molecule has 1 aliphatic rings. The molecule has 3 atom stereocenters. The van der Waals surface area contributed by atoms with E-state index >= 15 is 0 Å². The molecular formula is C19H30N2O2. The summed E-state index contributed by atoms with van der Waals surface area (Å²) in [6.45, 7) is 4.93. The van der Waals surface area contributed by atoms with E-state index in [1.54, 1.807) is 7.11 Å². The number of carbonyl (C=O) groups excluding carboxylic acids is 1. The molecule has 1 aromatic rings. The molecule has 0 saturated heterocycles. The zero-order chi connectivity index (χ0) is 16.8. The van der Waals surface area contributed by atoms with Crippen molar-refractivity contribution in [1.29, 1.82) is 0 Å². The lowest BCUT2D eigenvalue weighted by molar-refractivity contribution is -0.134. The third kappa shape index (κ3) is 4.71. The van der Waals surface area contributed by atoms with Gasteiger partial charge in [-0.25, -0.2) is 0 Å². The van der Waals surface area contributed by atoms with E-state index in [9.17, 15) is 4.79 Å². The van der Waals surface area contributed by atoms with Crippen LogP contribution >= 0.6 is 0 Å². The lowest BCUT2D eigenvalue weighted by atomic mass is 9.98. The molecule has 2 N–H and O–H groups in total. The number of benzene rings is 1. The molecule has 4 nitrogen and oxygen atoms in total. The van der Waals surface area contributed by atoms with E-state index in [-0.39, 0.29) is 18.0 Å². The summed E-state index contributed by atoms with van der Waals surface area (Å²) in [6.07, 6.45) is 4.78. The van der Waals surface area contributed by atoms with Crippen molar-refractivity contribution in [2.24, 2.45) is 11.7 Å². The van der Waals surface area contributed by atoms with Gasteiger partial charge in [0.2, 0.25) is 5.91 Å².